The molecule has 0 spiro atoms. The van der Waals surface area contributed by atoms with Crippen LogP contribution in [0, 0.1) is 0 Å². The number of hydrogen-bond acceptors (Lipinski definition) is 4. The van der Waals surface area contributed by atoms with Crippen LogP contribution in [-0.4, -0.2) is 43.7 Å². The zero-order chi connectivity index (χ0) is 15.2. The second-order valence-electron chi connectivity index (χ2n) is 5.22. The molecule has 2 atom stereocenters. The number of amides is 1. The lowest BCUT2D eigenvalue weighted by Crippen LogP contribution is -2.34. The molecule has 2 rings (SSSR count). The van der Waals surface area contributed by atoms with Crippen molar-refractivity contribution in [3.63, 3.8) is 0 Å². The third-order valence-electron chi connectivity index (χ3n) is 3.76. The molecule has 1 amide bonds. The van der Waals surface area contributed by atoms with E-state index in [4.69, 9.17) is 15.2 Å². The van der Waals surface area contributed by atoms with Gasteiger partial charge in [-0.1, -0.05) is 18.2 Å². The summed E-state index contributed by atoms with van der Waals surface area (Å²) >= 11 is 0. The highest BCUT2D eigenvalue weighted by Gasteiger charge is 2.39. The summed E-state index contributed by atoms with van der Waals surface area (Å²) in [6.45, 7) is 3.84. The number of ether oxygens (including phenoxy) is 2. The molecule has 2 N–H and O–H groups in total. The Balaban J connectivity index is 2.23. The summed E-state index contributed by atoms with van der Waals surface area (Å²) in [6.07, 6.45) is 1.19. The maximum absolute atomic E-state index is 12.2. The summed E-state index contributed by atoms with van der Waals surface area (Å²) in [7, 11) is 1.67. The number of benzene rings is 1. The molecule has 1 fully saturated rings. The van der Waals surface area contributed by atoms with Gasteiger partial charge in [0.25, 0.3) is 0 Å². The van der Waals surface area contributed by atoms with Gasteiger partial charge in [-0.05, 0) is 19.4 Å². The molecular formula is C16H24N2O3. The van der Waals surface area contributed by atoms with E-state index in [0.29, 0.717) is 26.2 Å². The largest absolute Gasteiger partial charge is 0.494 e. The molecule has 0 saturated carbocycles. The summed E-state index contributed by atoms with van der Waals surface area (Å²) in [5.41, 5.74) is 7.21. The molecule has 0 aromatic heterocycles. The van der Waals surface area contributed by atoms with Crippen molar-refractivity contribution in [3.05, 3.63) is 29.8 Å². The summed E-state index contributed by atoms with van der Waals surface area (Å²) in [4.78, 5) is 14.1. The van der Waals surface area contributed by atoms with E-state index in [1.165, 1.54) is 0 Å². The number of nitrogens with two attached hydrogens (primary N) is 1. The number of nitrogens with zero attached hydrogens (tertiary/aromatic N) is 1. The van der Waals surface area contributed by atoms with E-state index in [0.717, 1.165) is 17.7 Å². The van der Waals surface area contributed by atoms with E-state index in [1.807, 2.05) is 36.1 Å². The number of carbonyl (C=O) groups excluding carboxylic acids is 1. The SMILES string of the molecule is CCOc1ccccc1C1C(N)CC(=O)N1CCCOC. The van der Waals surface area contributed by atoms with Crippen LogP contribution in [0.25, 0.3) is 0 Å². The van der Waals surface area contributed by atoms with Gasteiger partial charge in [-0.15, -0.1) is 0 Å². The highest BCUT2D eigenvalue weighted by molar-refractivity contribution is 5.80. The highest BCUT2D eigenvalue weighted by atomic mass is 16.5. The lowest BCUT2D eigenvalue weighted by molar-refractivity contribution is -0.129. The van der Waals surface area contributed by atoms with Gasteiger partial charge in [0.2, 0.25) is 5.91 Å². The first-order chi connectivity index (χ1) is 10.2. The van der Waals surface area contributed by atoms with Crippen molar-refractivity contribution in [3.8, 4) is 5.75 Å². The fourth-order valence-corrected chi connectivity index (χ4v) is 2.87. The molecule has 2 unspecified atom stereocenters. The molecule has 1 aliphatic heterocycles. The van der Waals surface area contributed by atoms with E-state index in [1.54, 1.807) is 7.11 Å². The Morgan fingerprint density at radius 3 is 2.86 bits per heavy atom. The van der Waals surface area contributed by atoms with Crippen LogP contribution in [0.3, 0.4) is 0 Å². The molecule has 1 saturated heterocycles. The Morgan fingerprint density at radius 1 is 1.38 bits per heavy atom. The van der Waals surface area contributed by atoms with Gasteiger partial charge >= 0.3 is 0 Å². The van der Waals surface area contributed by atoms with E-state index < -0.39 is 0 Å². The lowest BCUT2D eigenvalue weighted by atomic mass is 9.99. The van der Waals surface area contributed by atoms with Crippen molar-refractivity contribution < 1.29 is 14.3 Å². The van der Waals surface area contributed by atoms with Gasteiger partial charge in [-0.2, -0.15) is 0 Å². The van der Waals surface area contributed by atoms with Gasteiger partial charge < -0.3 is 20.1 Å². The van der Waals surface area contributed by atoms with E-state index >= 15 is 0 Å². The van der Waals surface area contributed by atoms with Crippen LogP contribution in [0.15, 0.2) is 24.3 Å². The minimum atomic E-state index is -0.193. The predicted octanol–water partition coefficient (Wildman–Crippen LogP) is 1.72. The molecule has 1 aliphatic rings. The first-order valence-electron chi connectivity index (χ1n) is 7.44. The van der Waals surface area contributed by atoms with Crippen molar-refractivity contribution in [2.45, 2.75) is 31.8 Å². The minimum absolute atomic E-state index is 0.106. The standard InChI is InChI=1S/C16H24N2O3/c1-3-21-14-8-5-4-7-12(14)16-13(17)11-15(19)18(16)9-6-10-20-2/h4-5,7-8,13,16H,3,6,9-11,17H2,1-2H3. The summed E-state index contributed by atoms with van der Waals surface area (Å²) in [5.74, 6) is 0.918. The summed E-state index contributed by atoms with van der Waals surface area (Å²) in [6, 6.07) is 7.52. The average Bonchev–Trinajstić information content (AvgIpc) is 2.75. The summed E-state index contributed by atoms with van der Waals surface area (Å²) in [5, 5.41) is 0. The Labute approximate surface area is 126 Å². The zero-order valence-corrected chi connectivity index (χ0v) is 12.7. The third kappa shape index (κ3) is 3.54. The number of likely N-dealkylation sites (tertiary alicyclic amines) is 1. The monoisotopic (exact) mass is 292 g/mol. The molecule has 1 aromatic rings. The van der Waals surface area contributed by atoms with Gasteiger partial charge in [0.05, 0.1) is 12.6 Å². The maximum Gasteiger partial charge on any atom is 0.224 e. The normalized spacial score (nSPS) is 21.9. The van der Waals surface area contributed by atoms with Crippen LogP contribution in [0.4, 0.5) is 0 Å². The lowest BCUT2D eigenvalue weighted by Gasteiger charge is -2.28. The van der Waals surface area contributed by atoms with Gasteiger partial charge in [0, 0.05) is 38.3 Å². The van der Waals surface area contributed by atoms with Crippen molar-refractivity contribution in [2.75, 3.05) is 26.9 Å². The molecule has 0 radical (unpaired) electrons. The Bertz CT molecular complexity index is 478. The van der Waals surface area contributed by atoms with Crippen LogP contribution >= 0.6 is 0 Å². The number of methoxy groups -OCH3 is 1. The quantitative estimate of drug-likeness (QED) is 0.777. The molecular weight excluding hydrogens is 268 g/mol. The minimum Gasteiger partial charge on any atom is -0.494 e. The smallest absolute Gasteiger partial charge is 0.224 e. The molecule has 116 valence electrons. The molecule has 0 aliphatic carbocycles. The van der Waals surface area contributed by atoms with E-state index in [-0.39, 0.29) is 18.0 Å². The van der Waals surface area contributed by atoms with Crippen molar-refractivity contribution in [1.29, 1.82) is 0 Å². The summed E-state index contributed by atoms with van der Waals surface area (Å²) < 4.78 is 10.8. The van der Waals surface area contributed by atoms with E-state index in [2.05, 4.69) is 0 Å². The van der Waals surface area contributed by atoms with Crippen LogP contribution in [0.1, 0.15) is 31.4 Å². The van der Waals surface area contributed by atoms with Gasteiger partial charge in [0.1, 0.15) is 5.75 Å². The number of rotatable bonds is 7. The van der Waals surface area contributed by atoms with Crippen LogP contribution < -0.4 is 10.5 Å². The highest BCUT2D eigenvalue weighted by Crippen LogP contribution is 2.37. The van der Waals surface area contributed by atoms with E-state index in [9.17, 15) is 4.79 Å². The first-order valence-corrected chi connectivity index (χ1v) is 7.44. The molecule has 21 heavy (non-hydrogen) atoms. The molecule has 1 aromatic carbocycles. The zero-order valence-electron chi connectivity index (χ0n) is 12.7. The molecule has 5 nitrogen and oxygen atoms in total. The van der Waals surface area contributed by atoms with Crippen molar-refractivity contribution in [1.82, 2.24) is 4.90 Å². The number of para-hydroxylation sites is 1. The second-order valence-corrected chi connectivity index (χ2v) is 5.22. The molecule has 0 bridgehead atoms. The number of carbonyl (C=O) groups is 1. The fraction of sp³-hybridized carbons (Fsp3) is 0.562. The maximum atomic E-state index is 12.2. The van der Waals surface area contributed by atoms with Crippen molar-refractivity contribution in [2.24, 2.45) is 5.73 Å². The Kier molecular flexibility index (Phi) is 5.59. The van der Waals surface area contributed by atoms with Crippen LogP contribution in [0.2, 0.25) is 0 Å². The number of hydrogen-bond donors (Lipinski definition) is 1. The van der Waals surface area contributed by atoms with Crippen molar-refractivity contribution >= 4 is 5.91 Å². The predicted molar refractivity (Wildman–Crippen MR) is 81.2 cm³/mol. The van der Waals surface area contributed by atoms with Crippen LogP contribution in [-0.2, 0) is 9.53 Å². The van der Waals surface area contributed by atoms with Gasteiger partial charge in [0.15, 0.2) is 0 Å². The second kappa shape index (κ2) is 7.43. The first kappa shape index (κ1) is 15.8. The van der Waals surface area contributed by atoms with Gasteiger partial charge in [-0.3, -0.25) is 4.79 Å². The molecule has 1 heterocycles. The third-order valence-corrected chi connectivity index (χ3v) is 3.76. The fourth-order valence-electron chi connectivity index (χ4n) is 2.87. The van der Waals surface area contributed by atoms with Gasteiger partial charge in [-0.25, -0.2) is 0 Å². The van der Waals surface area contributed by atoms with Crippen LogP contribution in [0.5, 0.6) is 5.75 Å². The Hall–Kier alpha value is -1.59. The Morgan fingerprint density at radius 2 is 2.14 bits per heavy atom. The average molecular weight is 292 g/mol. The topological polar surface area (TPSA) is 64.8 Å². The molecule has 5 heteroatoms.